The summed E-state index contributed by atoms with van der Waals surface area (Å²) in [4.78, 5) is 0. The van der Waals surface area contributed by atoms with Crippen molar-refractivity contribution < 1.29 is 0 Å². The van der Waals surface area contributed by atoms with Gasteiger partial charge >= 0.3 is 0 Å². The van der Waals surface area contributed by atoms with Gasteiger partial charge in [-0.1, -0.05) is 53.0 Å². The lowest BCUT2D eigenvalue weighted by molar-refractivity contribution is 0.933. The van der Waals surface area contributed by atoms with E-state index in [1.807, 2.05) is 32.0 Å². The van der Waals surface area contributed by atoms with Gasteiger partial charge < -0.3 is 0 Å². The zero-order chi connectivity index (χ0) is 12.1. The first kappa shape index (κ1) is 13.3. The average molecular weight is 299 g/mol. The molecule has 0 fully saturated rings. The van der Waals surface area contributed by atoms with Crippen molar-refractivity contribution in [2.75, 3.05) is 0 Å². The molecule has 84 valence electrons. The van der Waals surface area contributed by atoms with Crippen molar-refractivity contribution in [1.82, 2.24) is 0 Å². The lowest BCUT2D eigenvalue weighted by atomic mass is 10.1. The molecule has 0 bridgehead atoms. The van der Waals surface area contributed by atoms with Crippen molar-refractivity contribution >= 4 is 32.6 Å². The first-order chi connectivity index (χ1) is 7.60. The summed E-state index contributed by atoms with van der Waals surface area (Å²) in [7, 11) is 0. The molecular formula is C13H13BrClN. The Balaban J connectivity index is 3.22. The number of halogens is 2. The van der Waals surface area contributed by atoms with E-state index in [0.29, 0.717) is 10.6 Å². The second-order valence-corrected chi connectivity index (χ2v) is 4.87. The predicted octanol–water partition coefficient (Wildman–Crippen LogP) is 5.03. The van der Waals surface area contributed by atoms with Crippen LogP contribution in [0, 0.1) is 18.3 Å². The van der Waals surface area contributed by atoms with Crippen molar-refractivity contribution in [3.8, 4) is 6.07 Å². The highest BCUT2D eigenvalue weighted by atomic mass is 79.9. The summed E-state index contributed by atoms with van der Waals surface area (Å²) < 4.78 is 0.932. The highest BCUT2D eigenvalue weighted by Crippen LogP contribution is 2.31. The Bertz CT molecular complexity index is 457. The SMILES string of the molecule is CCC/C(C#N)=C(/Cl)c1ccc(C)cc1Br. The summed E-state index contributed by atoms with van der Waals surface area (Å²) in [5.41, 5.74) is 2.69. The standard InChI is InChI=1S/C13H13BrClN/c1-3-4-10(8-16)13(15)11-6-5-9(2)7-12(11)14/h5-7H,3-4H2,1-2H3/b13-10-. The van der Waals surface area contributed by atoms with Crippen LogP contribution in [0.15, 0.2) is 28.2 Å². The van der Waals surface area contributed by atoms with E-state index in [4.69, 9.17) is 16.9 Å². The molecule has 0 unspecified atom stereocenters. The second-order valence-electron chi connectivity index (χ2n) is 3.64. The van der Waals surface area contributed by atoms with E-state index in [-0.39, 0.29) is 0 Å². The normalized spacial score (nSPS) is 11.9. The Morgan fingerprint density at radius 2 is 2.19 bits per heavy atom. The van der Waals surface area contributed by atoms with Gasteiger partial charge in [-0.05, 0) is 25.0 Å². The number of aryl methyl sites for hydroxylation is 1. The summed E-state index contributed by atoms with van der Waals surface area (Å²) in [6, 6.07) is 8.10. The van der Waals surface area contributed by atoms with Gasteiger partial charge in [0.2, 0.25) is 0 Å². The molecule has 0 saturated carbocycles. The molecule has 0 spiro atoms. The van der Waals surface area contributed by atoms with Gasteiger partial charge in [-0.25, -0.2) is 0 Å². The molecule has 0 heterocycles. The van der Waals surface area contributed by atoms with Crippen LogP contribution in [0.4, 0.5) is 0 Å². The molecule has 0 aromatic heterocycles. The summed E-state index contributed by atoms with van der Waals surface area (Å²) >= 11 is 9.70. The number of nitrogens with zero attached hydrogens (tertiary/aromatic N) is 1. The quantitative estimate of drug-likeness (QED) is 0.718. The van der Waals surface area contributed by atoms with E-state index in [1.54, 1.807) is 0 Å². The highest BCUT2D eigenvalue weighted by Gasteiger charge is 2.09. The van der Waals surface area contributed by atoms with Crippen LogP contribution in [0.5, 0.6) is 0 Å². The molecule has 0 atom stereocenters. The fourth-order valence-corrected chi connectivity index (χ4v) is 2.53. The summed E-state index contributed by atoms with van der Waals surface area (Å²) in [6.45, 7) is 4.05. The van der Waals surface area contributed by atoms with Crippen LogP contribution in [0.2, 0.25) is 0 Å². The molecule has 0 radical (unpaired) electrons. The van der Waals surface area contributed by atoms with Crippen molar-refractivity contribution in [1.29, 1.82) is 5.26 Å². The third-order valence-corrected chi connectivity index (χ3v) is 3.35. The molecular weight excluding hydrogens is 286 g/mol. The zero-order valence-electron chi connectivity index (χ0n) is 9.35. The smallest absolute Gasteiger partial charge is 0.0962 e. The minimum atomic E-state index is 0.552. The van der Waals surface area contributed by atoms with Crippen molar-refractivity contribution in [3.05, 3.63) is 39.4 Å². The van der Waals surface area contributed by atoms with E-state index in [9.17, 15) is 0 Å². The summed E-state index contributed by atoms with van der Waals surface area (Å²) in [5, 5.41) is 9.58. The molecule has 1 aromatic carbocycles. The molecule has 0 amide bonds. The van der Waals surface area contributed by atoms with Gasteiger partial charge in [-0.15, -0.1) is 0 Å². The lowest BCUT2D eigenvalue weighted by Gasteiger charge is -2.06. The number of nitriles is 1. The Hall–Kier alpha value is -0.780. The van der Waals surface area contributed by atoms with Gasteiger partial charge in [-0.2, -0.15) is 5.26 Å². The fourth-order valence-electron chi connectivity index (χ4n) is 1.43. The molecule has 1 aromatic rings. The number of rotatable bonds is 3. The van der Waals surface area contributed by atoms with Crippen LogP contribution < -0.4 is 0 Å². The Labute approximate surface area is 110 Å². The van der Waals surface area contributed by atoms with Crippen LogP contribution in [-0.2, 0) is 0 Å². The summed E-state index contributed by atoms with van der Waals surface area (Å²) in [6.07, 6.45) is 1.64. The van der Waals surface area contributed by atoms with Gasteiger partial charge in [-0.3, -0.25) is 0 Å². The van der Waals surface area contributed by atoms with Crippen LogP contribution in [0.3, 0.4) is 0 Å². The first-order valence-corrected chi connectivity index (χ1v) is 6.32. The van der Waals surface area contributed by atoms with Crippen molar-refractivity contribution in [3.63, 3.8) is 0 Å². The number of hydrogen-bond donors (Lipinski definition) is 0. The van der Waals surface area contributed by atoms with E-state index in [1.165, 1.54) is 0 Å². The minimum Gasteiger partial charge on any atom is -0.193 e. The number of benzene rings is 1. The molecule has 0 aliphatic carbocycles. The molecule has 0 aliphatic rings. The monoisotopic (exact) mass is 297 g/mol. The average Bonchev–Trinajstić information content (AvgIpc) is 2.25. The lowest BCUT2D eigenvalue weighted by Crippen LogP contribution is -1.87. The zero-order valence-corrected chi connectivity index (χ0v) is 11.7. The van der Waals surface area contributed by atoms with E-state index in [0.717, 1.165) is 28.4 Å². The topological polar surface area (TPSA) is 23.8 Å². The van der Waals surface area contributed by atoms with Crippen LogP contribution in [-0.4, -0.2) is 0 Å². The maximum Gasteiger partial charge on any atom is 0.0962 e. The highest BCUT2D eigenvalue weighted by molar-refractivity contribution is 9.10. The maximum absolute atomic E-state index is 9.03. The Kier molecular flexibility index (Phi) is 5.05. The molecule has 0 aliphatic heterocycles. The molecule has 1 rings (SSSR count). The van der Waals surface area contributed by atoms with E-state index >= 15 is 0 Å². The van der Waals surface area contributed by atoms with Crippen LogP contribution in [0.25, 0.3) is 5.03 Å². The van der Waals surface area contributed by atoms with Gasteiger partial charge in [0.15, 0.2) is 0 Å². The molecule has 1 nitrogen and oxygen atoms in total. The van der Waals surface area contributed by atoms with Gasteiger partial charge in [0.25, 0.3) is 0 Å². The molecule has 0 N–H and O–H groups in total. The largest absolute Gasteiger partial charge is 0.193 e. The van der Waals surface area contributed by atoms with E-state index < -0.39 is 0 Å². The van der Waals surface area contributed by atoms with Crippen LogP contribution in [0.1, 0.15) is 30.9 Å². The third kappa shape index (κ3) is 3.10. The van der Waals surface area contributed by atoms with Crippen molar-refractivity contribution in [2.24, 2.45) is 0 Å². The maximum atomic E-state index is 9.03. The van der Waals surface area contributed by atoms with Gasteiger partial charge in [0.05, 0.1) is 11.1 Å². The van der Waals surface area contributed by atoms with Gasteiger partial charge in [0, 0.05) is 15.6 Å². The third-order valence-electron chi connectivity index (χ3n) is 2.26. The number of allylic oxidation sites excluding steroid dienone is 1. The Morgan fingerprint density at radius 3 is 2.69 bits per heavy atom. The van der Waals surface area contributed by atoms with Crippen LogP contribution >= 0.6 is 27.5 Å². The summed E-state index contributed by atoms with van der Waals surface area (Å²) in [5.74, 6) is 0. The Morgan fingerprint density at radius 1 is 1.50 bits per heavy atom. The predicted molar refractivity (Wildman–Crippen MR) is 72.2 cm³/mol. The molecule has 3 heteroatoms. The first-order valence-electron chi connectivity index (χ1n) is 5.15. The minimum absolute atomic E-state index is 0.552. The second kappa shape index (κ2) is 6.08. The van der Waals surface area contributed by atoms with Gasteiger partial charge in [0.1, 0.15) is 0 Å². The van der Waals surface area contributed by atoms with Crippen molar-refractivity contribution in [2.45, 2.75) is 26.7 Å². The molecule has 0 saturated heterocycles. The fraction of sp³-hybridized carbons (Fsp3) is 0.308. The number of hydrogen-bond acceptors (Lipinski definition) is 1. The van der Waals surface area contributed by atoms with E-state index in [2.05, 4.69) is 22.0 Å². The molecule has 16 heavy (non-hydrogen) atoms.